The molecule has 0 radical (unpaired) electrons. The fourth-order valence-corrected chi connectivity index (χ4v) is 3.12. The van der Waals surface area contributed by atoms with Crippen molar-refractivity contribution < 1.29 is 30.8 Å². The number of hydrogen-bond donors (Lipinski definition) is 2. The lowest BCUT2D eigenvalue weighted by Gasteiger charge is -2.11. The Bertz CT molecular complexity index is 908. The molecule has 2 N–H and O–H groups in total. The first-order valence-electron chi connectivity index (χ1n) is 7.16. The SMILES string of the molecule is Cc1ccc(S(=O)(=O)CCC(=O)NNc2c(F)c(F)nc(F)c2F)cc1. The lowest BCUT2D eigenvalue weighted by molar-refractivity contribution is -0.120. The summed E-state index contributed by atoms with van der Waals surface area (Å²) < 4.78 is 76.8. The second-order valence-electron chi connectivity index (χ2n) is 5.25. The normalized spacial score (nSPS) is 11.3. The molecule has 1 amide bonds. The number of aromatic nitrogens is 1. The summed E-state index contributed by atoms with van der Waals surface area (Å²) in [6.45, 7) is 1.78. The minimum atomic E-state index is -3.75. The molecule has 0 fully saturated rings. The van der Waals surface area contributed by atoms with Gasteiger partial charge in [-0.1, -0.05) is 17.7 Å². The number of rotatable bonds is 6. The van der Waals surface area contributed by atoms with E-state index in [1.54, 1.807) is 29.9 Å². The van der Waals surface area contributed by atoms with Gasteiger partial charge in [0.2, 0.25) is 17.5 Å². The number of carbonyl (C=O) groups is 1. The number of hydrazine groups is 1. The Morgan fingerprint density at radius 2 is 1.58 bits per heavy atom. The van der Waals surface area contributed by atoms with Crippen LogP contribution < -0.4 is 10.9 Å². The molecular weight excluding hydrogens is 378 g/mol. The molecular formula is C15H13F4N3O3S. The van der Waals surface area contributed by atoms with Crippen molar-refractivity contribution in [1.29, 1.82) is 0 Å². The fourth-order valence-electron chi connectivity index (χ4n) is 1.88. The van der Waals surface area contributed by atoms with Crippen molar-refractivity contribution in [2.45, 2.75) is 18.2 Å². The molecule has 6 nitrogen and oxygen atoms in total. The Kier molecular flexibility index (Phi) is 5.80. The molecule has 0 aliphatic heterocycles. The highest BCUT2D eigenvalue weighted by molar-refractivity contribution is 7.91. The number of benzene rings is 1. The van der Waals surface area contributed by atoms with Gasteiger partial charge in [-0.05, 0) is 19.1 Å². The highest BCUT2D eigenvalue weighted by Gasteiger charge is 2.22. The number of aryl methyl sites for hydroxylation is 1. The lowest BCUT2D eigenvalue weighted by atomic mass is 10.2. The molecule has 1 heterocycles. The van der Waals surface area contributed by atoms with E-state index in [1.165, 1.54) is 12.1 Å². The Morgan fingerprint density at radius 1 is 1.04 bits per heavy atom. The Labute approximate surface area is 146 Å². The lowest BCUT2D eigenvalue weighted by Crippen LogP contribution is -2.32. The monoisotopic (exact) mass is 391 g/mol. The van der Waals surface area contributed by atoms with E-state index in [0.29, 0.717) is 0 Å². The van der Waals surface area contributed by atoms with Crippen molar-refractivity contribution >= 4 is 21.4 Å². The number of hydrogen-bond acceptors (Lipinski definition) is 5. The molecule has 1 aromatic heterocycles. The number of nitrogens with one attached hydrogen (secondary N) is 2. The maximum atomic E-state index is 13.4. The molecule has 1 aromatic carbocycles. The number of pyridine rings is 1. The zero-order chi connectivity index (χ0) is 19.5. The van der Waals surface area contributed by atoms with Gasteiger partial charge in [0.15, 0.2) is 9.84 Å². The molecule has 26 heavy (non-hydrogen) atoms. The van der Waals surface area contributed by atoms with Gasteiger partial charge in [-0.15, -0.1) is 0 Å². The quantitative estimate of drug-likeness (QED) is 0.448. The van der Waals surface area contributed by atoms with Crippen molar-refractivity contribution in [3.05, 3.63) is 53.4 Å². The van der Waals surface area contributed by atoms with Gasteiger partial charge < -0.3 is 0 Å². The van der Waals surface area contributed by atoms with Crippen LogP contribution in [0.2, 0.25) is 0 Å². The van der Waals surface area contributed by atoms with E-state index in [1.807, 2.05) is 0 Å². The van der Waals surface area contributed by atoms with Gasteiger partial charge in [0, 0.05) is 6.42 Å². The van der Waals surface area contributed by atoms with Crippen molar-refractivity contribution in [2.75, 3.05) is 11.2 Å². The van der Waals surface area contributed by atoms with Crippen LogP contribution in [0.15, 0.2) is 29.2 Å². The van der Waals surface area contributed by atoms with Gasteiger partial charge >= 0.3 is 0 Å². The van der Waals surface area contributed by atoms with Crippen LogP contribution in [0.5, 0.6) is 0 Å². The number of amides is 1. The van der Waals surface area contributed by atoms with E-state index in [9.17, 15) is 30.8 Å². The van der Waals surface area contributed by atoms with Crippen LogP contribution >= 0.6 is 0 Å². The second kappa shape index (κ2) is 7.68. The van der Waals surface area contributed by atoms with Crippen molar-refractivity contribution in [2.24, 2.45) is 0 Å². The molecule has 0 unspecified atom stereocenters. The van der Waals surface area contributed by atoms with Crippen molar-refractivity contribution in [1.82, 2.24) is 10.4 Å². The zero-order valence-electron chi connectivity index (χ0n) is 13.3. The van der Waals surface area contributed by atoms with E-state index >= 15 is 0 Å². The first-order chi connectivity index (χ1) is 12.1. The largest absolute Gasteiger partial charge is 0.293 e. The Balaban J connectivity index is 1.99. The first-order valence-corrected chi connectivity index (χ1v) is 8.81. The van der Waals surface area contributed by atoms with Gasteiger partial charge in [0.05, 0.1) is 10.6 Å². The van der Waals surface area contributed by atoms with E-state index in [-0.39, 0.29) is 4.90 Å². The summed E-state index contributed by atoms with van der Waals surface area (Å²) >= 11 is 0. The van der Waals surface area contributed by atoms with Crippen LogP contribution in [-0.4, -0.2) is 25.1 Å². The number of carbonyl (C=O) groups excluding carboxylic acids is 1. The molecule has 0 aliphatic carbocycles. The van der Waals surface area contributed by atoms with Crippen LogP contribution in [-0.2, 0) is 14.6 Å². The molecule has 140 valence electrons. The average molecular weight is 391 g/mol. The second-order valence-corrected chi connectivity index (χ2v) is 7.36. The standard InChI is InChI=1S/C15H13F4N3O3S/c1-8-2-4-9(5-3-8)26(24,25)7-6-10(23)21-22-13-11(16)14(18)20-15(19)12(13)17/h2-5H,6-7H2,1H3,(H,20,22)(H,21,23). The third-order valence-electron chi connectivity index (χ3n) is 3.30. The van der Waals surface area contributed by atoms with Crippen LogP contribution in [0.25, 0.3) is 0 Å². The minimum absolute atomic E-state index is 0.0132. The third-order valence-corrected chi connectivity index (χ3v) is 5.03. The molecule has 0 atom stereocenters. The average Bonchev–Trinajstić information content (AvgIpc) is 2.59. The van der Waals surface area contributed by atoms with Crippen LogP contribution in [0.3, 0.4) is 0 Å². The minimum Gasteiger partial charge on any atom is -0.293 e. The van der Waals surface area contributed by atoms with Crippen LogP contribution in [0.4, 0.5) is 23.2 Å². The van der Waals surface area contributed by atoms with Crippen LogP contribution in [0, 0.1) is 30.5 Å². The van der Waals surface area contributed by atoms with E-state index in [2.05, 4.69) is 4.98 Å². The number of sulfone groups is 1. The highest BCUT2D eigenvalue weighted by atomic mass is 32.2. The molecule has 0 saturated heterocycles. The molecule has 2 rings (SSSR count). The van der Waals surface area contributed by atoms with E-state index < -0.39 is 57.1 Å². The summed E-state index contributed by atoms with van der Waals surface area (Å²) in [5.74, 6) is -9.01. The van der Waals surface area contributed by atoms with Crippen molar-refractivity contribution in [3.8, 4) is 0 Å². The highest BCUT2D eigenvalue weighted by Crippen LogP contribution is 2.21. The fraction of sp³-hybridized carbons (Fsp3) is 0.200. The molecule has 0 aliphatic rings. The van der Waals surface area contributed by atoms with Gasteiger partial charge in [-0.25, -0.2) is 8.42 Å². The molecule has 0 bridgehead atoms. The Morgan fingerprint density at radius 3 is 2.12 bits per heavy atom. The molecule has 11 heteroatoms. The number of nitrogens with zero attached hydrogens (tertiary/aromatic N) is 1. The topological polar surface area (TPSA) is 88.2 Å². The third kappa shape index (κ3) is 4.48. The number of halogens is 4. The van der Waals surface area contributed by atoms with Crippen molar-refractivity contribution in [3.63, 3.8) is 0 Å². The smallest absolute Gasteiger partial charge is 0.254 e. The van der Waals surface area contributed by atoms with Gasteiger partial charge in [0.1, 0.15) is 5.69 Å². The van der Waals surface area contributed by atoms with Gasteiger partial charge in [0.25, 0.3) is 11.9 Å². The van der Waals surface area contributed by atoms with Gasteiger partial charge in [-0.2, -0.15) is 22.5 Å². The maximum Gasteiger partial charge on any atom is 0.254 e. The summed E-state index contributed by atoms with van der Waals surface area (Å²) in [6.07, 6.45) is -0.553. The predicted molar refractivity (Wildman–Crippen MR) is 83.7 cm³/mol. The summed E-state index contributed by atoms with van der Waals surface area (Å²) in [5, 5.41) is 0. The van der Waals surface area contributed by atoms with E-state index in [4.69, 9.17) is 0 Å². The summed E-state index contributed by atoms with van der Waals surface area (Å²) in [7, 11) is -3.75. The summed E-state index contributed by atoms with van der Waals surface area (Å²) in [6, 6.07) is 5.95. The summed E-state index contributed by atoms with van der Waals surface area (Å²) in [4.78, 5) is 14.0. The predicted octanol–water partition coefficient (Wildman–Crippen LogP) is 2.25. The molecule has 0 saturated carbocycles. The maximum absolute atomic E-state index is 13.4. The molecule has 0 spiro atoms. The van der Waals surface area contributed by atoms with Gasteiger partial charge in [-0.3, -0.25) is 15.6 Å². The molecule has 2 aromatic rings. The number of anilines is 1. The summed E-state index contributed by atoms with van der Waals surface area (Å²) in [5.41, 5.74) is 3.02. The van der Waals surface area contributed by atoms with Crippen LogP contribution in [0.1, 0.15) is 12.0 Å². The Hall–Kier alpha value is -2.69. The first kappa shape index (κ1) is 19.6. The van der Waals surface area contributed by atoms with E-state index in [0.717, 1.165) is 5.56 Å². The zero-order valence-corrected chi connectivity index (χ0v) is 14.1.